The Morgan fingerprint density at radius 1 is 1.67 bits per heavy atom. The summed E-state index contributed by atoms with van der Waals surface area (Å²) in [4.78, 5) is 6.87. The molecular formula is C8H13N3S. The van der Waals surface area contributed by atoms with Crippen molar-refractivity contribution in [2.45, 2.75) is 19.8 Å². The molecule has 0 atom stereocenters. The van der Waals surface area contributed by atoms with Crippen LogP contribution in [0.5, 0.6) is 0 Å². The lowest BCUT2D eigenvalue weighted by Crippen LogP contribution is -2.02. The number of rotatable bonds is 4. The molecule has 0 radical (unpaired) electrons. The van der Waals surface area contributed by atoms with Gasteiger partial charge in [0.15, 0.2) is 0 Å². The highest BCUT2D eigenvalue weighted by Gasteiger charge is 1.89. The van der Waals surface area contributed by atoms with Gasteiger partial charge in [-0.15, -0.1) is 0 Å². The molecule has 0 aliphatic heterocycles. The van der Waals surface area contributed by atoms with Crippen molar-refractivity contribution in [3.8, 4) is 0 Å². The van der Waals surface area contributed by atoms with Crippen LogP contribution in [0.1, 0.15) is 19.8 Å². The second-order valence-electron chi connectivity index (χ2n) is 2.58. The molecule has 0 bridgehead atoms. The number of H-pyrrole nitrogens is 1. The van der Waals surface area contributed by atoms with Crippen LogP contribution >= 0.6 is 12.2 Å². The van der Waals surface area contributed by atoms with Gasteiger partial charge in [-0.2, -0.15) is 0 Å². The van der Waals surface area contributed by atoms with Crippen LogP contribution in [-0.2, 0) is 0 Å². The van der Waals surface area contributed by atoms with Gasteiger partial charge in [0.25, 0.3) is 0 Å². The minimum Gasteiger partial charge on any atom is -0.372 e. The molecule has 2 N–H and O–H groups in total. The number of aromatic nitrogens is 2. The summed E-state index contributed by atoms with van der Waals surface area (Å²) in [6.07, 6.45) is 3.97. The van der Waals surface area contributed by atoms with Crippen molar-refractivity contribution in [3.63, 3.8) is 0 Å². The summed E-state index contributed by atoms with van der Waals surface area (Å²) < 4.78 is 0.618. The number of hydrogen-bond donors (Lipinski definition) is 2. The first-order valence-electron chi connectivity index (χ1n) is 4.11. The third-order valence-electron chi connectivity index (χ3n) is 1.53. The molecule has 3 nitrogen and oxygen atoms in total. The molecule has 1 aromatic heterocycles. The van der Waals surface area contributed by atoms with E-state index in [1.807, 2.05) is 6.07 Å². The van der Waals surface area contributed by atoms with E-state index in [1.165, 1.54) is 12.8 Å². The molecule has 0 saturated heterocycles. The summed E-state index contributed by atoms with van der Waals surface area (Å²) in [7, 11) is 0. The monoisotopic (exact) mass is 183 g/mol. The predicted molar refractivity (Wildman–Crippen MR) is 52.8 cm³/mol. The lowest BCUT2D eigenvalue weighted by atomic mass is 10.3. The van der Waals surface area contributed by atoms with Gasteiger partial charge in [0.1, 0.15) is 10.5 Å². The Labute approximate surface area is 77.2 Å². The van der Waals surface area contributed by atoms with Crippen molar-refractivity contribution in [1.29, 1.82) is 0 Å². The summed E-state index contributed by atoms with van der Waals surface area (Å²) in [6.45, 7) is 3.14. The summed E-state index contributed by atoms with van der Waals surface area (Å²) in [6, 6.07) is 1.82. The van der Waals surface area contributed by atoms with Crippen LogP contribution in [0, 0.1) is 4.64 Å². The number of aromatic amines is 1. The second-order valence-corrected chi connectivity index (χ2v) is 3.00. The first-order valence-corrected chi connectivity index (χ1v) is 4.52. The minimum absolute atomic E-state index is 0.618. The molecule has 0 aromatic carbocycles. The molecule has 0 aliphatic rings. The maximum Gasteiger partial charge on any atom is 0.131 e. The highest BCUT2D eigenvalue weighted by molar-refractivity contribution is 7.71. The zero-order valence-corrected chi connectivity index (χ0v) is 7.95. The van der Waals surface area contributed by atoms with E-state index in [0.29, 0.717) is 4.64 Å². The molecule has 0 aliphatic carbocycles. The maximum atomic E-state index is 4.91. The number of hydrogen-bond acceptors (Lipinski definition) is 3. The molecule has 4 heteroatoms. The standard InChI is InChI=1S/C8H13N3S/c1-2-3-4-9-7-5-8(12)11-6-10-7/h5-6H,2-4H2,1H3,(H2,9,10,11,12). The third kappa shape index (κ3) is 3.00. The Morgan fingerprint density at radius 2 is 2.50 bits per heavy atom. The Balaban J connectivity index is 2.47. The Hall–Kier alpha value is -0.900. The Morgan fingerprint density at radius 3 is 3.17 bits per heavy atom. The van der Waals surface area contributed by atoms with Crippen molar-refractivity contribution >= 4 is 18.0 Å². The molecule has 0 fully saturated rings. The smallest absolute Gasteiger partial charge is 0.131 e. The molecule has 12 heavy (non-hydrogen) atoms. The van der Waals surface area contributed by atoms with Crippen LogP contribution < -0.4 is 5.32 Å². The third-order valence-corrected chi connectivity index (χ3v) is 1.75. The van der Waals surface area contributed by atoms with Crippen LogP contribution in [0.15, 0.2) is 12.4 Å². The van der Waals surface area contributed by atoms with E-state index in [1.54, 1.807) is 6.33 Å². The van der Waals surface area contributed by atoms with Crippen LogP contribution in [0.25, 0.3) is 0 Å². The fourth-order valence-corrected chi connectivity index (χ4v) is 1.04. The van der Waals surface area contributed by atoms with Gasteiger partial charge >= 0.3 is 0 Å². The average Bonchev–Trinajstić information content (AvgIpc) is 2.05. The number of nitrogens with one attached hydrogen (secondary N) is 2. The molecule has 0 spiro atoms. The lowest BCUT2D eigenvalue weighted by molar-refractivity contribution is 0.830. The predicted octanol–water partition coefficient (Wildman–Crippen LogP) is 2.35. The quantitative estimate of drug-likeness (QED) is 0.556. The van der Waals surface area contributed by atoms with E-state index in [9.17, 15) is 0 Å². The van der Waals surface area contributed by atoms with Crippen molar-refractivity contribution in [2.24, 2.45) is 0 Å². The molecule has 0 unspecified atom stereocenters. The van der Waals surface area contributed by atoms with E-state index in [0.717, 1.165) is 12.4 Å². The minimum atomic E-state index is 0.618. The number of unbranched alkanes of at least 4 members (excludes halogenated alkanes) is 1. The summed E-state index contributed by atoms with van der Waals surface area (Å²) >= 11 is 4.91. The molecule has 0 saturated carbocycles. The molecule has 1 heterocycles. The summed E-state index contributed by atoms with van der Waals surface area (Å²) in [5, 5.41) is 3.22. The summed E-state index contributed by atoms with van der Waals surface area (Å²) in [5.74, 6) is 0.948. The fourth-order valence-electron chi connectivity index (χ4n) is 0.870. The first-order chi connectivity index (χ1) is 5.83. The summed E-state index contributed by atoms with van der Waals surface area (Å²) in [5.41, 5.74) is 0. The van der Waals surface area contributed by atoms with Gasteiger partial charge < -0.3 is 10.3 Å². The van der Waals surface area contributed by atoms with E-state index in [2.05, 4.69) is 22.2 Å². The molecule has 1 aromatic rings. The van der Waals surface area contributed by atoms with Crippen molar-refractivity contribution in [3.05, 3.63) is 17.0 Å². The van der Waals surface area contributed by atoms with Gasteiger partial charge in [-0.05, 0) is 6.42 Å². The Bertz CT molecular complexity index is 282. The van der Waals surface area contributed by atoms with E-state index >= 15 is 0 Å². The SMILES string of the molecule is CCCCNc1cc(=S)nc[nH]1. The van der Waals surface area contributed by atoms with Crippen LogP contribution in [0.2, 0.25) is 0 Å². The molecular weight excluding hydrogens is 170 g/mol. The van der Waals surface area contributed by atoms with Crippen LogP contribution in [0.3, 0.4) is 0 Å². The van der Waals surface area contributed by atoms with Gasteiger partial charge in [-0.3, -0.25) is 0 Å². The van der Waals surface area contributed by atoms with Gasteiger partial charge in [0, 0.05) is 12.6 Å². The Kier molecular flexibility index (Phi) is 3.73. The van der Waals surface area contributed by atoms with E-state index in [4.69, 9.17) is 12.2 Å². The maximum absolute atomic E-state index is 4.91. The highest BCUT2D eigenvalue weighted by Crippen LogP contribution is 2.00. The fraction of sp³-hybridized carbons (Fsp3) is 0.500. The topological polar surface area (TPSA) is 40.7 Å². The average molecular weight is 183 g/mol. The molecule has 66 valence electrons. The second kappa shape index (κ2) is 4.87. The van der Waals surface area contributed by atoms with Gasteiger partial charge in [0.05, 0.1) is 6.33 Å². The van der Waals surface area contributed by atoms with Crippen LogP contribution in [0.4, 0.5) is 5.82 Å². The zero-order chi connectivity index (χ0) is 8.81. The van der Waals surface area contributed by atoms with Crippen molar-refractivity contribution in [1.82, 2.24) is 9.97 Å². The number of nitrogens with zero attached hydrogens (tertiary/aromatic N) is 1. The highest BCUT2D eigenvalue weighted by atomic mass is 32.1. The largest absolute Gasteiger partial charge is 0.372 e. The lowest BCUT2D eigenvalue weighted by Gasteiger charge is -2.03. The normalized spacial score (nSPS) is 9.75. The van der Waals surface area contributed by atoms with Crippen molar-refractivity contribution in [2.75, 3.05) is 11.9 Å². The van der Waals surface area contributed by atoms with E-state index < -0.39 is 0 Å². The van der Waals surface area contributed by atoms with Gasteiger partial charge in [-0.1, -0.05) is 25.6 Å². The molecule has 1 rings (SSSR count). The molecule has 0 amide bonds. The van der Waals surface area contributed by atoms with Gasteiger partial charge in [-0.25, -0.2) is 4.98 Å². The van der Waals surface area contributed by atoms with E-state index in [-0.39, 0.29) is 0 Å². The first kappa shape index (κ1) is 9.19. The van der Waals surface area contributed by atoms with Gasteiger partial charge in [0.2, 0.25) is 0 Å². The number of anilines is 1. The van der Waals surface area contributed by atoms with Crippen molar-refractivity contribution < 1.29 is 0 Å². The van der Waals surface area contributed by atoms with Crippen LogP contribution in [-0.4, -0.2) is 16.5 Å². The zero-order valence-electron chi connectivity index (χ0n) is 7.13.